The van der Waals surface area contributed by atoms with E-state index in [2.05, 4.69) is 43.2 Å². The Morgan fingerprint density at radius 2 is 1.70 bits per heavy atom. The van der Waals surface area contributed by atoms with Crippen molar-refractivity contribution in [3.63, 3.8) is 0 Å². The molecular formula is C23H44N3O+. The van der Waals surface area contributed by atoms with Crippen LogP contribution < -0.4 is 5.32 Å². The first-order valence-electron chi connectivity index (χ1n) is 11.4. The fourth-order valence-electron chi connectivity index (χ4n) is 4.14. The highest BCUT2D eigenvalue weighted by Crippen LogP contribution is 2.24. The molecule has 1 amide bonds. The van der Waals surface area contributed by atoms with Crippen molar-refractivity contribution in [2.45, 2.75) is 111 Å². The van der Waals surface area contributed by atoms with Gasteiger partial charge in [0.1, 0.15) is 6.54 Å². The zero-order valence-electron chi connectivity index (χ0n) is 18.4. The van der Waals surface area contributed by atoms with E-state index in [0.29, 0.717) is 0 Å². The van der Waals surface area contributed by atoms with Gasteiger partial charge in [0, 0.05) is 13.8 Å². The first-order valence-corrected chi connectivity index (χ1v) is 11.4. The molecule has 0 bridgehead atoms. The molecule has 1 N–H and O–H groups in total. The van der Waals surface area contributed by atoms with Crippen LogP contribution >= 0.6 is 0 Å². The second-order valence-corrected chi connectivity index (χ2v) is 8.12. The van der Waals surface area contributed by atoms with Crippen LogP contribution in [0.1, 0.15) is 98.3 Å². The molecule has 1 heterocycles. The number of allylic oxidation sites excluding steroid dienone is 1. The first-order chi connectivity index (χ1) is 13.1. The van der Waals surface area contributed by atoms with Gasteiger partial charge < -0.3 is 5.32 Å². The third kappa shape index (κ3) is 8.59. The standard InChI is InChI=1S/C23H43N3O/c1-5-7-8-9-10-11-12-13-14-15-16-17-18-23-24-19-20-26(23,6-2)21(3)25-22(4)27/h17-19,21,23H,5-16,20H2,1-4H3/p+1/b18-17+. The fourth-order valence-corrected chi connectivity index (χ4v) is 4.14. The van der Waals surface area contributed by atoms with E-state index >= 15 is 0 Å². The third-order valence-corrected chi connectivity index (χ3v) is 6.01. The highest BCUT2D eigenvalue weighted by molar-refractivity contribution is 5.73. The maximum atomic E-state index is 11.5. The van der Waals surface area contributed by atoms with Crippen molar-refractivity contribution in [2.24, 2.45) is 4.99 Å². The Kier molecular flexibility index (Phi) is 12.3. The largest absolute Gasteiger partial charge is 0.307 e. The lowest BCUT2D eigenvalue weighted by Gasteiger charge is -2.41. The van der Waals surface area contributed by atoms with E-state index in [4.69, 9.17) is 0 Å². The van der Waals surface area contributed by atoms with Gasteiger partial charge in [0.2, 0.25) is 12.1 Å². The maximum absolute atomic E-state index is 11.5. The number of carbonyl (C=O) groups excluding carboxylic acids is 1. The van der Waals surface area contributed by atoms with Crippen molar-refractivity contribution >= 4 is 12.1 Å². The topological polar surface area (TPSA) is 41.5 Å². The lowest BCUT2D eigenvalue weighted by Crippen LogP contribution is -2.63. The van der Waals surface area contributed by atoms with E-state index in [9.17, 15) is 4.79 Å². The number of nitrogens with one attached hydrogen (secondary N) is 1. The minimum Gasteiger partial charge on any atom is -0.307 e. The number of carbonyl (C=O) groups is 1. The number of hydrogen-bond acceptors (Lipinski definition) is 2. The normalized spacial score (nSPS) is 23.2. The van der Waals surface area contributed by atoms with E-state index in [-0.39, 0.29) is 18.2 Å². The number of aliphatic imine (C=N–C) groups is 1. The van der Waals surface area contributed by atoms with Crippen LogP contribution in [0.25, 0.3) is 0 Å². The van der Waals surface area contributed by atoms with Crippen molar-refractivity contribution in [1.29, 1.82) is 0 Å². The lowest BCUT2D eigenvalue weighted by atomic mass is 10.1. The molecule has 0 aromatic heterocycles. The van der Waals surface area contributed by atoms with Crippen LogP contribution in [0, 0.1) is 0 Å². The zero-order valence-corrected chi connectivity index (χ0v) is 18.4. The van der Waals surface area contributed by atoms with Crippen molar-refractivity contribution < 1.29 is 9.28 Å². The molecule has 0 aromatic carbocycles. The number of nitrogens with zero attached hydrogens (tertiary/aromatic N) is 2. The van der Waals surface area contributed by atoms with Crippen LogP contribution in [0.15, 0.2) is 17.1 Å². The molecule has 4 nitrogen and oxygen atoms in total. The number of unbranched alkanes of at least 4 members (excludes halogenated alkanes) is 10. The quantitative estimate of drug-likeness (QED) is 0.225. The summed E-state index contributed by atoms with van der Waals surface area (Å²) >= 11 is 0. The molecule has 4 heteroatoms. The molecule has 1 aliphatic heterocycles. The molecule has 0 saturated carbocycles. The van der Waals surface area contributed by atoms with Gasteiger partial charge in [-0.15, -0.1) is 0 Å². The minimum atomic E-state index is 0.0356. The number of rotatable bonds is 15. The van der Waals surface area contributed by atoms with Crippen LogP contribution in [0.5, 0.6) is 0 Å². The summed E-state index contributed by atoms with van der Waals surface area (Å²) in [5.41, 5.74) is 0. The Morgan fingerprint density at radius 3 is 2.26 bits per heavy atom. The summed E-state index contributed by atoms with van der Waals surface area (Å²) < 4.78 is 0.800. The summed E-state index contributed by atoms with van der Waals surface area (Å²) in [6.07, 6.45) is 21.8. The van der Waals surface area contributed by atoms with Gasteiger partial charge in [-0.1, -0.05) is 70.8 Å². The molecule has 156 valence electrons. The van der Waals surface area contributed by atoms with Crippen molar-refractivity contribution in [1.82, 2.24) is 5.32 Å². The predicted molar refractivity (Wildman–Crippen MR) is 117 cm³/mol. The lowest BCUT2D eigenvalue weighted by molar-refractivity contribution is -0.953. The highest BCUT2D eigenvalue weighted by atomic mass is 16.1. The van der Waals surface area contributed by atoms with Gasteiger partial charge in [-0.05, 0) is 25.8 Å². The van der Waals surface area contributed by atoms with Crippen LogP contribution in [0.4, 0.5) is 0 Å². The first kappa shape index (κ1) is 23.9. The Hall–Kier alpha value is -1.16. The Morgan fingerprint density at radius 1 is 1.11 bits per heavy atom. The van der Waals surface area contributed by atoms with Gasteiger partial charge in [-0.2, -0.15) is 0 Å². The van der Waals surface area contributed by atoms with Gasteiger partial charge in [-0.25, -0.2) is 4.99 Å². The number of hydrogen-bond donors (Lipinski definition) is 1. The van der Waals surface area contributed by atoms with Crippen LogP contribution in [-0.4, -0.2) is 42.0 Å². The summed E-state index contributed by atoms with van der Waals surface area (Å²) in [6, 6.07) is 0. The summed E-state index contributed by atoms with van der Waals surface area (Å²) in [4.78, 5) is 16.2. The second-order valence-electron chi connectivity index (χ2n) is 8.12. The molecule has 0 aromatic rings. The van der Waals surface area contributed by atoms with Crippen LogP contribution in [-0.2, 0) is 4.79 Å². The molecule has 1 rings (SSSR count). The molecule has 0 fully saturated rings. The Balaban J connectivity index is 2.21. The monoisotopic (exact) mass is 378 g/mol. The van der Waals surface area contributed by atoms with Gasteiger partial charge in [0.25, 0.3) is 0 Å². The van der Waals surface area contributed by atoms with Crippen molar-refractivity contribution in [3.05, 3.63) is 12.2 Å². The zero-order chi connectivity index (χ0) is 20.0. The van der Waals surface area contributed by atoms with Gasteiger partial charge in [0.15, 0.2) is 6.17 Å². The Bertz CT molecular complexity index is 461. The van der Waals surface area contributed by atoms with E-state index < -0.39 is 0 Å². The van der Waals surface area contributed by atoms with Crippen LogP contribution in [0.3, 0.4) is 0 Å². The maximum Gasteiger partial charge on any atom is 0.221 e. The summed E-state index contributed by atoms with van der Waals surface area (Å²) in [6.45, 7) is 10.0. The molecule has 0 aliphatic carbocycles. The molecule has 0 radical (unpaired) electrons. The van der Waals surface area contributed by atoms with Gasteiger partial charge >= 0.3 is 0 Å². The molecule has 3 atom stereocenters. The molecule has 27 heavy (non-hydrogen) atoms. The average Bonchev–Trinajstić information content (AvgIpc) is 3.06. The number of likely N-dealkylation sites (N-methyl/N-ethyl adjacent to an activating group) is 1. The van der Waals surface area contributed by atoms with Crippen LogP contribution in [0.2, 0.25) is 0 Å². The van der Waals surface area contributed by atoms with E-state index in [1.807, 2.05) is 6.21 Å². The molecular weight excluding hydrogens is 334 g/mol. The molecule has 1 aliphatic rings. The third-order valence-electron chi connectivity index (χ3n) is 6.01. The second kappa shape index (κ2) is 13.9. The summed E-state index contributed by atoms with van der Waals surface area (Å²) in [7, 11) is 0. The van der Waals surface area contributed by atoms with E-state index in [1.54, 1.807) is 6.92 Å². The van der Waals surface area contributed by atoms with E-state index in [1.165, 1.54) is 64.2 Å². The SMILES string of the molecule is CCCCCCCCCCCC/C=C/C1N=CC[N+]1(CC)C(C)NC(C)=O. The number of amides is 1. The average molecular weight is 379 g/mol. The van der Waals surface area contributed by atoms with Crippen molar-refractivity contribution in [3.8, 4) is 0 Å². The molecule has 0 spiro atoms. The number of quaternary nitrogens is 1. The van der Waals surface area contributed by atoms with Crippen molar-refractivity contribution in [2.75, 3.05) is 13.1 Å². The van der Waals surface area contributed by atoms with Gasteiger partial charge in [0.05, 0.1) is 12.8 Å². The fraction of sp³-hybridized carbons (Fsp3) is 0.826. The highest BCUT2D eigenvalue weighted by Gasteiger charge is 2.41. The molecule has 3 unspecified atom stereocenters. The van der Waals surface area contributed by atoms with E-state index in [0.717, 1.165) is 24.0 Å². The Labute approximate surface area is 168 Å². The summed E-state index contributed by atoms with van der Waals surface area (Å²) in [5.74, 6) is 0.0356. The molecule has 0 saturated heterocycles. The van der Waals surface area contributed by atoms with Gasteiger partial charge in [-0.3, -0.25) is 9.28 Å². The minimum absolute atomic E-state index is 0.0356. The predicted octanol–water partition coefficient (Wildman–Crippen LogP) is 5.58. The smallest absolute Gasteiger partial charge is 0.221 e. The summed E-state index contributed by atoms with van der Waals surface area (Å²) in [5, 5.41) is 3.07.